The molecule has 5 heteroatoms. The van der Waals surface area contributed by atoms with Gasteiger partial charge in [-0.15, -0.1) is 11.8 Å². The normalized spacial score (nSPS) is 15.4. The fourth-order valence-electron chi connectivity index (χ4n) is 2.03. The molecule has 18 heavy (non-hydrogen) atoms. The van der Waals surface area contributed by atoms with Crippen molar-refractivity contribution < 1.29 is 5.11 Å². The summed E-state index contributed by atoms with van der Waals surface area (Å²) in [4.78, 5) is 4.64. The first-order chi connectivity index (χ1) is 8.61. The summed E-state index contributed by atoms with van der Waals surface area (Å²) < 4.78 is 0. The number of amidine groups is 1. The molecule has 1 aromatic rings. The number of fused-ring (bicyclic) bond motifs is 1. The van der Waals surface area contributed by atoms with Gasteiger partial charge in [0.15, 0.2) is 0 Å². The van der Waals surface area contributed by atoms with Crippen molar-refractivity contribution in [2.75, 3.05) is 12.4 Å². The van der Waals surface area contributed by atoms with Crippen molar-refractivity contribution in [1.29, 1.82) is 5.41 Å². The van der Waals surface area contributed by atoms with Gasteiger partial charge in [-0.1, -0.05) is 6.92 Å². The van der Waals surface area contributed by atoms with Crippen LogP contribution in [0.3, 0.4) is 0 Å². The van der Waals surface area contributed by atoms with Crippen LogP contribution in [0.4, 0.5) is 0 Å². The van der Waals surface area contributed by atoms with Crippen LogP contribution in [-0.4, -0.2) is 28.3 Å². The molecule has 0 aromatic carbocycles. The number of hydrogen-bond acceptors (Lipinski definition) is 4. The fraction of sp³-hybridized carbons (Fsp3) is 0.538. The van der Waals surface area contributed by atoms with E-state index < -0.39 is 0 Å². The molecule has 1 aliphatic carbocycles. The molecule has 0 aliphatic heterocycles. The number of nitrogen functional groups attached to an aromatic ring is 1. The van der Waals surface area contributed by atoms with Gasteiger partial charge in [0, 0.05) is 23.6 Å². The number of nitrogens with two attached hydrogens (primary N) is 1. The average molecular weight is 265 g/mol. The van der Waals surface area contributed by atoms with Gasteiger partial charge >= 0.3 is 0 Å². The predicted molar refractivity (Wildman–Crippen MR) is 74.3 cm³/mol. The molecule has 0 fully saturated rings. The van der Waals surface area contributed by atoms with Gasteiger partial charge in [-0.05, 0) is 36.8 Å². The zero-order valence-electron chi connectivity index (χ0n) is 10.6. The Balaban J connectivity index is 2.24. The van der Waals surface area contributed by atoms with Crippen molar-refractivity contribution in [3.8, 4) is 0 Å². The molecule has 0 bridgehead atoms. The molecule has 0 spiro atoms. The van der Waals surface area contributed by atoms with E-state index in [1.807, 2.05) is 13.0 Å². The van der Waals surface area contributed by atoms with Gasteiger partial charge in [0.1, 0.15) is 10.9 Å². The Morgan fingerprint density at radius 1 is 1.61 bits per heavy atom. The minimum Gasteiger partial charge on any atom is -0.396 e. The predicted octanol–water partition coefficient (Wildman–Crippen LogP) is 1.57. The maximum Gasteiger partial charge on any atom is 0.125 e. The van der Waals surface area contributed by atoms with Crippen molar-refractivity contribution in [1.82, 2.24) is 4.98 Å². The van der Waals surface area contributed by atoms with E-state index in [0.717, 1.165) is 41.3 Å². The smallest absolute Gasteiger partial charge is 0.125 e. The molecule has 98 valence electrons. The molecular weight excluding hydrogens is 246 g/mol. The monoisotopic (exact) mass is 265 g/mol. The third kappa shape index (κ3) is 2.84. The second-order valence-electron chi connectivity index (χ2n) is 4.81. The van der Waals surface area contributed by atoms with Gasteiger partial charge in [-0.2, -0.15) is 0 Å². The third-order valence-corrected chi connectivity index (χ3v) is 4.44. The highest BCUT2D eigenvalue weighted by Crippen LogP contribution is 2.28. The lowest BCUT2D eigenvalue weighted by Gasteiger charge is -2.12. The van der Waals surface area contributed by atoms with E-state index in [4.69, 9.17) is 16.2 Å². The van der Waals surface area contributed by atoms with Crippen LogP contribution < -0.4 is 5.73 Å². The number of nitrogens with one attached hydrogen (secondary N) is 1. The summed E-state index contributed by atoms with van der Waals surface area (Å²) in [6.45, 7) is 2.17. The Labute approximate surface area is 112 Å². The Hall–Kier alpha value is -1.07. The fourth-order valence-corrected chi connectivity index (χ4v) is 3.08. The molecule has 1 atom stereocenters. The van der Waals surface area contributed by atoms with E-state index in [-0.39, 0.29) is 18.4 Å². The average Bonchev–Trinajstić information content (AvgIpc) is 2.81. The summed E-state index contributed by atoms with van der Waals surface area (Å²) in [6.07, 6.45) is 3.21. The largest absolute Gasteiger partial charge is 0.396 e. The highest BCUT2D eigenvalue weighted by atomic mass is 32.2. The van der Waals surface area contributed by atoms with Crippen LogP contribution >= 0.6 is 11.8 Å². The van der Waals surface area contributed by atoms with Gasteiger partial charge < -0.3 is 10.8 Å². The van der Waals surface area contributed by atoms with Gasteiger partial charge in [-0.3, -0.25) is 5.41 Å². The van der Waals surface area contributed by atoms with Crippen LogP contribution in [0.5, 0.6) is 0 Å². The zero-order valence-corrected chi connectivity index (χ0v) is 11.4. The summed E-state index contributed by atoms with van der Waals surface area (Å²) in [7, 11) is 0. The topological polar surface area (TPSA) is 83.0 Å². The standard InChI is InChI=1S/C13H19N3OS/c1-8(6-17)7-18-13-10(12(14)15)5-9-3-2-4-11(9)16-13/h5,8,17H,2-4,6-7H2,1H3,(H3,14,15). The van der Waals surface area contributed by atoms with Crippen LogP contribution in [0.1, 0.15) is 30.2 Å². The quantitative estimate of drug-likeness (QED) is 0.429. The van der Waals surface area contributed by atoms with E-state index in [1.165, 1.54) is 5.56 Å². The van der Waals surface area contributed by atoms with Crippen LogP contribution in [0.15, 0.2) is 11.1 Å². The molecule has 2 rings (SSSR count). The molecule has 1 unspecified atom stereocenters. The lowest BCUT2D eigenvalue weighted by molar-refractivity contribution is 0.250. The highest BCUT2D eigenvalue weighted by molar-refractivity contribution is 7.99. The summed E-state index contributed by atoms with van der Waals surface area (Å²) in [5.41, 5.74) is 8.76. The first-order valence-corrected chi connectivity index (χ1v) is 7.21. The number of hydrogen-bond donors (Lipinski definition) is 3. The van der Waals surface area contributed by atoms with Crippen molar-refractivity contribution in [3.63, 3.8) is 0 Å². The Morgan fingerprint density at radius 3 is 3.06 bits per heavy atom. The van der Waals surface area contributed by atoms with Crippen LogP contribution in [0.2, 0.25) is 0 Å². The number of thioether (sulfide) groups is 1. The van der Waals surface area contributed by atoms with Crippen molar-refractivity contribution >= 4 is 17.6 Å². The second-order valence-corrected chi connectivity index (χ2v) is 5.82. The molecule has 0 saturated carbocycles. The van der Waals surface area contributed by atoms with Crippen molar-refractivity contribution in [3.05, 3.63) is 22.9 Å². The van der Waals surface area contributed by atoms with Crippen LogP contribution in [0, 0.1) is 11.3 Å². The Bertz CT molecular complexity index is 462. The first kappa shape index (κ1) is 13.4. The number of nitrogens with zero attached hydrogens (tertiary/aromatic N) is 1. The summed E-state index contributed by atoms with van der Waals surface area (Å²) >= 11 is 1.58. The number of aliphatic hydroxyl groups is 1. The number of pyridine rings is 1. The second kappa shape index (κ2) is 5.71. The molecular formula is C13H19N3OS. The van der Waals surface area contributed by atoms with Crippen molar-refractivity contribution in [2.45, 2.75) is 31.2 Å². The molecule has 1 aliphatic rings. The maximum absolute atomic E-state index is 9.05. The third-order valence-electron chi connectivity index (χ3n) is 3.12. The molecule has 1 heterocycles. The Kier molecular flexibility index (Phi) is 4.24. The summed E-state index contributed by atoms with van der Waals surface area (Å²) in [6, 6.07) is 2.02. The number of rotatable bonds is 5. The Morgan fingerprint density at radius 2 is 2.39 bits per heavy atom. The SMILES string of the molecule is CC(CO)CSc1nc2c(cc1C(=N)N)CCC2. The number of aromatic nitrogens is 1. The number of aryl methyl sites for hydroxylation is 2. The molecule has 0 saturated heterocycles. The number of aliphatic hydroxyl groups excluding tert-OH is 1. The summed E-state index contributed by atoms with van der Waals surface area (Å²) in [5.74, 6) is 1.10. The molecule has 1 aromatic heterocycles. The van der Waals surface area contributed by atoms with Gasteiger partial charge in [-0.25, -0.2) is 4.98 Å². The van der Waals surface area contributed by atoms with E-state index in [0.29, 0.717) is 0 Å². The van der Waals surface area contributed by atoms with Crippen LogP contribution in [0.25, 0.3) is 0 Å². The van der Waals surface area contributed by atoms with E-state index in [1.54, 1.807) is 11.8 Å². The van der Waals surface area contributed by atoms with Crippen molar-refractivity contribution in [2.24, 2.45) is 11.7 Å². The maximum atomic E-state index is 9.05. The minimum atomic E-state index is 0.0800. The minimum absolute atomic E-state index is 0.0800. The van der Waals surface area contributed by atoms with Gasteiger partial charge in [0.2, 0.25) is 0 Å². The van der Waals surface area contributed by atoms with Crippen LogP contribution in [-0.2, 0) is 12.8 Å². The highest BCUT2D eigenvalue weighted by Gasteiger charge is 2.18. The zero-order chi connectivity index (χ0) is 13.1. The van der Waals surface area contributed by atoms with Gasteiger partial charge in [0.25, 0.3) is 0 Å². The van der Waals surface area contributed by atoms with E-state index in [2.05, 4.69) is 4.98 Å². The molecule has 4 N–H and O–H groups in total. The summed E-state index contributed by atoms with van der Waals surface area (Å²) in [5, 5.41) is 17.5. The lowest BCUT2D eigenvalue weighted by Crippen LogP contribution is -2.15. The van der Waals surface area contributed by atoms with Gasteiger partial charge in [0.05, 0.1) is 0 Å². The van der Waals surface area contributed by atoms with E-state index >= 15 is 0 Å². The van der Waals surface area contributed by atoms with E-state index in [9.17, 15) is 0 Å². The molecule has 0 amide bonds. The first-order valence-electron chi connectivity index (χ1n) is 6.22. The lowest BCUT2D eigenvalue weighted by atomic mass is 10.1. The molecule has 0 radical (unpaired) electrons. The molecule has 4 nitrogen and oxygen atoms in total.